The van der Waals surface area contributed by atoms with Gasteiger partial charge in [0.15, 0.2) is 0 Å². The number of nitrogens with zero attached hydrogens (tertiary/aromatic N) is 1. The lowest BCUT2D eigenvalue weighted by atomic mass is 10.5. The zero-order valence-electron chi connectivity index (χ0n) is 6.85. The molecule has 2 heteroatoms. The summed E-state index contributed by atoms with van der Waals surface area (Å²) in [4.78, 5) is 2.24. The monoisotopic (exact) mass is 140 g/mol. The number of terminal acetylenes is 1. The average molecular weight is 140 g/mol. The molecule has 0 aromatic rings. The first kappa shape index (κ1) is 9.48. The molecule has 2 nitrogen and oxygen atoms in total. The van der Waals surface area contributed by atoms with Crippen LogP contribution in [-0.2, 0) is 0 Å². The van der Waals surface area contributed by atoms with E-state index in [9.17, 15) is 0 Å². The SMILES string of the molecule is C#CCNCCN(C)CC. The highest BCUT2D eigenvalue weighted by atomic mass is 15.1. The van der Waals surface area contributed by atoms with Crippen molar-refractivity contribution in [3.05, 3.63) is 0 Å². The summed E-state index contributed by atoms with van der Waals surface area (Å²) in [7, 11) is 2.09. The van der Waals surface area contributed by atoms with Crippen molar-refractivity contribution in [3.63, 3.8) is 0 Å². The molecule has 0 fully saturated rings. The second-order valence-corrected chi connectivity index (χ2v) is 2.28. The summed E-state index contributed by atoms with van der Waals surface area (Å²) < 4.78 is 0. The van der Waals surface area contributed by atoms with E-state index in [1.807, 2.05) is 0 Å². The lowest BCUT2D eigenvalue weighted by Gasteiger charge is -2.12. The fourth-order valence-electron chi connectivity index (χ4n) is 0.589. The van der Waals surface area contributed by atoms with Gasteiger partial charge in [0.1, 0.15) is 0 Å². The van der Waals surface area contributed by atoms with Gasteiger partial charge in [-0.25, -0.2) is 0 Å². The van der Waals surface area contributed by atoms with Gasteiger partial charge >= 0.3 is 0 Å². The molecule has 0 rings (SSSR count). The fraction of sp³-hybridized carbons (Fsp3) is 0.750. The van der Waals surface area contributed by atoms with E-state index in [0.717, 1.165) is 19.6 Å². The Hall–Kier alpha value is -0.520. The van der Waals surface area contributed by atoms with Gasteiger partial charge < -0.3 is 10.2 Å². The Balaban J connectivity index is 2.98. The number of rotatable bonds is 5. The maximum absolute atomic E-state index is 5.05. The van der Waals surface area contributed by atoms with Crippen molar-refractivity contribution in [3.8, 4) is 12.3 Å². The molecule has 10 heavy (non-hydrogen) atoms. The standard InChI is InChI=1S/C8H16N2/c1-4-6-9-7-8-10(3)5-2/h1,9H,5-8H2,2-3H3. The van der Waals surface area contributed by atoms with Crippen molar-refractivity contribution < 1.29 is 0 Å². The first-order valence-electron chi connectivity index (χ1n) is 3.64. The summed E-state index contributed by atoms with van der Waals surface area (Å²) in [6.45, 7) is 5.96. The summed E-state index contributed by atoms with van der Waals surface area (Å²) in [5.41, 5.74) is 0. The summed E-state index contributed by atoms with van der Waals surface area (Å²) in [5.74, 6) is 2.53. The Morgan fingerprint density at radius 1 is 1.60 bits per heavy atom. The molecule has 0 bridgehead atoms. The molecule has 1 N–H and O–H groups in total. The van der Waals surface area contributed by atoms with Crippen LogP contribution in [0.2, 0.25) is 0 Å². The minimum atomic E-state index is 0.678. The molecule has 0 aromatic heterocycles. The molecule has 0 radical (unpaired) electrons. The zero-order valence-corrected chi connectivity index (χ0v) is 6.85. The van der Waals surface area contributed by atoms with Gasteiger partial charge in [-0.15, -0.1) is 6.42 Å². The molecule has 0 saturated carbocycles. The fourth-order valence-corrected chi connectivity index (χ4v) is 0.589. The van der Waals surface area contributed by atoms with Gasteiger partial charge in [0.25, 0.3) is 0 Å². The maximum atomic E-state index is 5.05. The van der Waals surface area contributed by atoms with Crippen LogP contribution < -0.4 is 5.32 Å². The molecule has 0 saturated heterocycles. The topological polar surface area (TPSA) is 15.3 Å². The van der Waals surface area contributed by atoms with Crippen molar-refractivity contribution in [2.75, 3.05) is 33.2 Å². The Bertz CT molecular complexity index is 104. The molecule has 0 heterocycles. The Morgan fingerprint density at radius 2 is 2.30 bits per heavy atom. The molecule has 0 aliphatic rings. The van der Waals surface area contributed by atoms with Crippen molar-refractivity contribution in [1.29, 1.82) is 0 Å². The first-order chi connectivity index (χ1) is 4.81. The van der Waals surface area contributed by atoms with Gasteiger partial charge in [-0.2, -0.15) is 0 Å². The lowest BCUT2D eigenvalue weighted by Crippen LogP contribution is -2.29. The smallest absolute Gasteiger partial charge is 0.0574 e. The quantitative estimate of drug-likeness (QED) is 0.432. The van der Waals surface area contributed by atoms with Crippen LogP contribution in [0.5, 0.6) is 0 Å². The van der Waals surface area contributed by atoms with E-state index in [4.69, 9.17) is 6.42 Å². The van der Waals surface area contributed by atoms with Crippen LogP contribution in [0.25, 0.3) is 0 Å². The summed E-state index contributed by atoms with van der Waals surface area (Å²) in [6, 6.07) is 0. The van der Waals surface area contributed by atoms with E-state index in [2.05, 4.69) is 30.1 Å². The van der Waals surface area contributed by atoms with Crippen molar-refractivity contribution in [2.24, 2.45) is 0 Å². The van der Waals surface area contributed by atoms with Crippen LogP contribution in [0.1, 0.15) is 6.92 Å². The molecule has 0 aromatic carbocycles. The number of hydrogen-bond donors (Lipinski definition) is 1. The average Bonchev–Trinajstić information content (AvgIpc) is 1.98. The third-order valence-corrected chi connectivity index (χ3v) is 1.44. The molecule has 0 amide bonds. The van der Waals surface area contributed by atoms with E-state index in [1.54, 1.807) is 0 Å². The van der Waals surface area contributed by atoms with Gasteiger partial charge in [0.2, 0.25) is 0 Å². The van der Waals surface area contributed by atoms with Crippen LogP contribution in [0, 0.1) is 12.3 Å². The molecule has 0 spiro atoms. The normalized spacial score (nSPS) is 9.80. The molecular formula is C8H16N2. The predicted octanol–water partition coefficient (Wildman–Crippen LogP) is 0.161. The Labute approximate surface area is 63.6 Å². The number of hydrogen-bond acceptors (Lipinski definition) is 2. The van der Waals surface area contributed by atoms with Crippen LogP contribution in [0.15, 0.2) is 0 Å². The Morgan fingerprint density at radius 3 is 2.80 bits per heavy atom. The number of likely N-dealkylation sites (N-methyl/N-ethyl adjacent to an activating group) is 1. The Kier molecular flexibility index (Phi) is 6.25. The lowest BCUT2D eigenvalue weighted by molar-refractivity contribution is 0.352. The number of nitrogens with one attached hydrogen (secondary N) is 1. The molecular weight excluding hydrogens is 124 g/mol. The van der Waals surface area contributed by atoms with Crippen LogP contribution in [0.4, 0.5) is 0 Å². The van der Waals surface area contributed by atoms with Gasteiger partial charge in [-0.3, -0.25) is 0 Å². The van der Waals surface area contributed by atoms with Gasteiger partial charge in [0, 0.05) is 13.1 Å². The minimum absolute atomic E-state index is 0.678. The highest BCUT2D eigenvalue weighted by molar-refractivity contribution is 4.86. The van der Waals surface area contributed by atoms with E-state index >= 15 is 0 Å². The zero-order chi connectivity index (χ0) is 7.82. The summed E-state index contributed by atoms with van der Waals surface area (Å²) >= 11 is 0. The van der Waals surface area contributed by atoms with E-state index in [1.165, 1.54) is 0 Å². The highest BCUT2D eigenvalue weighted by Crippen LogP contribution is 1.76. The molecule has 0 atom stereocenters. The van der Waals surface area contributed by atoms with Gasteiger partial charge in [-0.1, -0.05) is 12.8 Å². The second kappa shape index (κ2) is 6.60. The van der Waals surface area contributed by atoms with Crippen LogP contribution in [-0.4, -0.2) is 38.1 Å². The largest absolute Gasteiger partial charge is 0.305 e. The predicted molar refractivity (Wildman–Crippen MR) is 44.9 cm³/mol. The van der Waals surface area contributed by atoms with E-state index < -0.39 is 0 Å². The first-order valence-corrected chi connectivity index (χ1v) is 3.64. The van der Waals surface area contributed by atoms with Gasteiger partial charge in [-0.05, 0) is 13.6 Å². The highest BCUT2D eigenvalue weighted by Gasteiger charge is 1.90. The summed E-state index contributed by atoms with van der Waals surface area (Å²) in [5, 5.41) is 3.12. The maximum Gasteiger partial charge on any atom is 0.0574 e. The summed E-state index contributed by atoms with van der Waals surface area (Å²) in [6.07, 6.45) is 5.05. The molecule has 0 unspecified atom stereocenters. The van der Waals surface area contributed by atoms with Crippen molar-refractivity contribution >= 4 is 0 Å². The van der Waals surface area contributed by atoms with E-state index in [0.29, 0.717) is 6.54 Å². The molecule has 0 aliphatic carbocycles. The second-order valence-electron chi connectivity index (χ2n) is 2.28. The third-order valence-electron chi connectivity index (χ3n) is 1.44. The van der Waals surface area contributed by atoms with Crippen LogP contribution >= 0.6 is 0 Å². The molecule has 58 valence electrons. The van der Waals surface area contributed by atoms with Gasteiger partial charge in [0.05, 0.1) is 6.54 Å². The molecule has 0 aliphatic heterocycles. The van der Waals surface area contributed by atoms with Crippen LogP contribution in [0.3, 0.4) is 0 Å². The minimum Gasteiger partial charge on any atom is -0.305 e. The van der Waals surface area contributed by atoms with Crippen molar-refractivity contribution in [2.45, 2.75) is 6.92 Å². The van der Waals surface area contributed by atoms with E-state index in [-0.39, 0.29) is 0 Å². The van der Waals surface area contributed by atoms with Crippen molar-refractivity contribution in [1.82, 2.24) is 10.2 Å². The third kappa shape index (κ3) is 5.61.